The van der Waals surface area contributed by atoms with Gasteiger partial charge < -0.3 is 15.0 Å². The van der Waals surface area contributed by atoms with E-state index < -0.39 is 41.8 Å². The Balaban J connectivity index is 1.05. The van der Waals surface area contributed by atoms with E-state index in [9.17, 15) is 23.6 Å². The number of rotatable bonds is 5. The Morgan fingerprint density at radius 1 is 1.18 bits per heavy atom. The minimum atomic E-state index is -0.842. The normalized spacial score (nSPS) is 22.7. The summed E-state index contributed by atoms with van der Waals surface area (Å²) in [6, 6.07) is 5.35. The lowest BCUT2D eigenvalue weighted by Gasteiger charge is -2.35. The van der Waals surface area contributed by atoms with Crippen LogP contribution in [0.5, 0.6) is 0 Å². The molecule has 12 heteroatoms. The van der Waals surface area contributed by atoms with Crippen molar-refractivity contribution in [3.8, 4) is 0 Å². The Morgan fingerprint density at radius 2 is 2.00 bits per heavy atom. The maximum absolute atomic E-state index is 15.3. The van der Waals surface area contributed by atoms with E-state index in [2.05, 4.69) is 15.6 Å². The SMILES string of the molecule is O=C1CC[C@@H](N2Cc3ccc(CNC(=O)OC4CC(c5c(F)ccc6scnc56)C4)c(F)c3C2=O)C(=O)N1. The van der Waals surface area contributed by atoms with Crippen molar-refractivity contribution in [1.82, 2.24) is 20.5 Å². The number of carbonyl (C=O) groups excluding carboxylic acids is 4. The highest BCUT2D eigenvalue weighted by Crippen LogP contribution is 2.43. The molecule has 0 radical (unpaired) electrons. The number of halogens is 2. The Hall–Kier alpha value is -3.93. The van der Waals surface area contributed by atoms with Crippen molar-refractivity contribution < 1.29 is 32.7 Å². The van der Waals surface area contributed by atoms with E-state index in [1.54, 1.807) is 17.6 Å². The largest absolute Gasteiger partial charge is 0.446 e. The number of alkyl carbamates (subject to hydrolysis) is 1. The van der Waals surface area contributed by atoms with Crippen LogP contribution in [0.1, 0.15) is 58.6 Å². The number of hydrogen-bond acceptors (Lipinski definition) is 7. The third-order valence-corrected chi connectivity index (χ3v) is 8.19. The van der Waals surface area contributed by atoms with Crippen LogP contribution in [0.15, 0.2) is 29.8 Å². The molecule has 3 aliphatic rings. The lowest BCUT2D eigenvalue weighted by Crippen LogP contribution is -2.52. The Bertz CT molecular complexity index is 1500. The summed E-state index contributed by atoms with van der Waals surface area (Å²) in [6.45, 7) is -0.141. The van der Waals surface area contributed by atoms with Crippen LogP contribution in [-0.4, -0.2) is 45.8 Å². The number of imide groups is 1. The zero-order valence-electron chi connectivity index (χ0n) is 20.0. The van der Waals surface area contributed by atoms with E-state index in [0.29, 0.717) is 29.5 Å². The smallest absolute Gasteiger partial charge is 0.407 e. The molecule has 9 nitrogen and oxygen atoms in total. The fourth-order valence-electron chi connectivity index (χ4n) is 5.36. The fraction of sp³-hybridized carbons (Fsp3) is 0.346. The van der Waals surface area contributed by atoms with Gasteiger partial charge in [0.05, 0.1) is 21.3 Å². The third kappa shape index (κ3) is 4.18. The summed E-state index contributed by atoms with van der Waals surface area (Å²) in [5.41, 5.74) is 3.25. The highest BCUT2D eigenvalue weighted by molar-refractivity contribution is 7.16. The predicted octanol–water partition coefficient (Wildman–Crippen LogP) is 3.51. The summed E-state index contributed by atoms with van der Waals surface area (Å²) in [5.74, 6) is -2.79. The molecule has 1 saturated carbocycles. The molecule has 1 aliphatic carbocycles. The standard InChI is InChI=1S/C26H22F2N4O5S/c27-16-3-5-18-23(30-11-38-18)20(16)14-7-15(8-14)37-26(36)29-9-12-1-2-13-10-32(25(35)21(13)22(12)28)17-4-6-19(33)31-24(17)34/h1-3,5,11,14-15,17H,4,6-10H2,(H,29,36)(H,31,33,34)/t14?,15?,17-/m1/s1. The molecule has 0 unspecified atom stereocenters. The number of benzene rings is 2. The van der Waals surface area contributed by atoms with E-state index in [1.807, 2.05) is 0 Å². The lowest BCUT2D eigenvalue weighted by molar-refractivity contribution is -0.136. The quantitative estimate of drug-likeness (QED) is 0.479. The first-order valence-corrected chi connectivity index (χ1v) is 13.1. The molecule has 6 rings (SSSR count). The van der Waals surface area contributed by atoms with Crippen molar-refractivity contribution in [3.63, 3.8) is 0 Å². The van der Waals surface area contributed by atoms with Gasteiger partial charge in [0.15, 0.2) is 0 Å². The molecule has 2 aromatic carbocycles. The second kappa shape index (κ2) is 9.43. The van der Waals surface area contributed by atoms with Crippen LogP contribution in [0.4, 0.5) is 13.6 Å². The molecule has 2 fully saturated rings. The second-order valence-corrected chi connectivity index (χ2v) is 10.6. The summed E-state index contributed by atoms with van der Waals surface area (Å²) in [4.78, 5) is 54.4. The summed E-state index contributed by atoms with van der Waals surface area (Å²) in [7, 11) is 0. The Kier molecular flexibility index (Phi) is 6.05. The molecule has 1 aromatic heterocycles. The number of ether oxygens (including phenoxy) is 1. The number of fused-ring (bicyclic) bond motifs is 2. The lowest BCUT2D eigenvalue weighted by atomic mass is 9.77. The monoisotopic (exact) mass is 540 g/mol. The highest BCUT2D eigenvalue weighted by atomic mass is 32.1. The zero-order chi connectivity index (χ0) is 26.6. The number of aromatic nitrogens is 1. The van der Waals surface area contributed by atoms with E-state index in [-0.39, 0.29) is 48.8 Å². The minimum Gasteiger partial charge on any atom is -0.446 e. The van der Waals surface area contributed by atoms with E-state index >= 15 is 4.39 Å². The van der Waals surface area contributed by atoms with Gasteiger partial charge in [-0.1, -0.05) is 12.1 Å². The van der Waals surface area contributed by atoms with Gasteiger partial charge in [0, 0.05) is 30.6 Å². The molecule has 2 N–H and O–H groups in total. The summed E-state index contributed by atoms with van der Waals surface area (Å²) >= 11 is 1.44. The van der Waals surface area contributed by atoms with Crippen LogP contribution in [0.3, 0.4) is 0 Å². The molecule has 2 aliphatic heterocycles. The first-order valence-electron chi connectivity index (χ1n) is 12.2. The van der Waals surface area contributed by atoms with Crippen molar-refractivity contribution in [1.29, 1.82) is 0 Å². The number of nitrogens with zero attached hydrogens (tertiary/aromatic N) is 2. The molecule has 3 heterocycles. The molecule has 1 saturated heterocycles. The number of nitrogens with one attached hydrogen (secondary N) is 2. The second-order valence-electron chi connectivity index (χ2n) is 9.68. The topological polar surface area (TPSA) is 118 Å². The first-order chi connectivity index (χ1) is 18.3. The van der Waals surface area contributed by atoms with Gasteiger partial charge in [-0.3, -0.25) is 19.7 Å². The van der Waals surface area contributed by atoms with E-state index in [1.165, 1.54) is 28.4 Å². The van der Waals surface area contributed by atoms with Crippen molar-refractivity contribution in [2.75, 3.05) is 0 Å². The maximum Gasteiger partial charge on any atom is 0.407 e. The number of amides is 4. The number of hydrogen-bond donors (Lipinski definition) is 2. The fourth-order valence-corrected chi connectivity index (χ4v) is 6.06. The molecular formula is C26H22F2N4O5S. The van der Waals surface area contributed by atoms with Crippen molar-refractivity contribution in [2.45, 2.75) is 56.8 Å². The van der Waals surface area contributed by atoms with Crippen LogP contribution in [0.25, 0.3) is 10.2 Å². The molecule has 196 valence electrons. The van der Waals surface area contributed by atoms with Gasteiger partial charge in [0.1, 0.15) is 23.8 Å². The average molecular weight is 541 g/mol. The van der Waals surface area contributed by atoms with Crippen molar-refractivity contribution >= 4 is 45.4 Å². The van der Waals surface area contributed by atoms with Gasteiger partial charge in [0.2, 0.25) is 11.8 Å². The average Bonchev–Trinajstić information content (AvgIpc) is 3.46. The van der Waals surface area contributed by atoms with Crippen molar-refractivity contribution in [2.24, 2.45) is 0 Å². The molecule has 0 bridgehead atoms. The molecule has 38 heavy (non-hydrogen) atoms. The van der Waals surface area contributed by atoms with Gasteiger partial charge in [-0.05, 0) is 42.9 Å². The van der Waals surface area contributed by atoms with Gasteiger partial charge in [0.25, 0.3) is 5.91 Å². The first kappa shape index (κ1) is 24.4. The van der Waals surface area contributed by atoms with Crippen LogP contribution in [0.2, 0.25) is 0 Å². The Morgan fingerprint density at radius 3 is 2.79 bits per heavy atom. The predicted molar refractivity (Wildman–Crippen MR) is 131 cm³/mol. The Labute approximate surface area is 219 Å². The van der Waals surface area contributed by atoms with Crippen LogP contribution in [0, 0.1) is 11.6 Å². The molecule has 0 spiro atoms. The van der Waals surface area contributed by atoms with Crippen molar-refractivity contribution in [3.05, 3.63) is 63.7 Å². The maximum atomic E-state index is 15.3. The highest BCUT2D eigenvalue weighted by Gasteiger charge is 2.41. The molecule has 4 amide bonds. The molecular weight excluding hydrogens is 518 g/mol. The van der Waals surface area contributed by atoms with Gasteiger partial charge in [-0.2, -0.15) is 0 Å². The van der Waals surface area contributed by atoms with Crippen LogP contribution in [-0.2, 0) is 27.4 Å². The third-order valence-electron chi connectivity index (χ3n) is 7.40. The van der Waals surface area contributed by atoms with Crippen LogP contribution < -0.4 is 10.6 Å². The van der Waals surface area contributed by atoms with Gasteiger partial charge >= 0.3 is 6.09 Å². The zero-order valence-corrected chi connectivity index (χ0v) is 20.8. The minimum absolute atomic E-state index is 0.0607. The van der Waals surface area contributed by atoms with Gasteiger partial charge in [-0.15, -0.1) is 11.3 Å². The van der Waals surface area contributed by atoms with Gasteiger partial charge in [-0.25, -0.2) is 18.6 Å². The molecule has 1 atom stereocenters. The number of thiazole rings is 1. The van der Waals surface area contributed by atoms with E-state index in [4.69, 9.17) is 4.74 Å². The van der Waals surface area contributed by atoms with Crippen LogP contribution >= 0.6 is 11.3 Å². The molecule has 3 aromatic rings. The van der Waals surface area contributed by atoms with E-state index in [0.717, 1.165) is 4.70 Å². The summed E-state index contributed by atoms with van der Waals surface area (Å²) in [5, 5.41) is 4.72. The summed E-state index contributed by atoms with van der Waals surface area (Å²) in [6.07, 6.45) is 0.0597. The summed E-state index contributed by atoms with van der Waals surface area (Å²) < 4.78 is 36.0. The number of piperidine rings is 1. The number of carbonyl (C=O) groups is 4.